The standard InChI is InChI=1S/C18H18O3/c1-3-4-14-5-11-17(12-6-14)21-13(2)18(20)15-7-9-16(19)10-8-15/h3-13,19H,1-2H3/t13-/m0/s1. The smallest absolute Gasteiger partial charge is 0.202 e. The van der Waals surface area contributed by atoms with E-state index in [9.17, 15) is 9.90 Å². The first-order valence-corrected chi connectivity index (χ1v) is 6.83. The molecule has 2 aromatic rings. The van der Waals surface area contributed by atoms with E-state index in [1.54, 1.807) is 19.1 Å². The van der Waals surface area contributed by atoms with Gasteiger partial charge in [-0.3, -0.25) is 4.79 Å². The quantitative estimate of drug-likeness (QED) is 0.841. The fraction of sp³-hybridized carbons (Fsp3) is 0.167. The molecule has 2 aromatic carbocycles. The topological polar surface area (TPSA) is 46.5 Å². The van der Waals surface area contributed by atoms with Crippen molar-refractivity contribution < 1.29 is 14.6 Å². The van der Waals surface area contributed by atoms with Crippen molar-refractivity contribution in [2.24, 2.45) is 0 Å². The van der Waals surface area contributed by atoms with E-state index in [2.05, 4.69) is 0 Å². The molecule has 0 saturated carbocycles. The van der Waals surface area contributed by atoms with Gasteiger partial charge < -0.3 is 9.84 Å². The van der Waals surface area contributed by atoms with Crippen LogP contribution in [0, 0.1) is 0 Å². The second-order valence-electron chi connectivity index (χ2n) is 4.74. The van der Waals surface area contributed by atoms with Crippen molar-refractivity contribution in [2.75, 3.05) is 0 Å². The lowest BCUT2D eigenvalue weighted by molar-refractivity contribution is 0.0818. The zero-order chi connectivity index (χ0) is 15.2. The second-order valence-corrected chi connectivity index (χ2v) is 4.74. The summed E-state index contributed by atoms with van der Waals surface area (Å²) in [5.74, 6) is 0.676. The van der Waals surface area contributed by atoms with E-state index in [-0.39, 0.29) is 11.5 Å². The van der Waals surface area contributed by atoms with Crippen LogP contribution >= 0.6 is 0 Å². The molecule has 0 spiro atoms. The number of carbonyl (C=O) groups excluding carboxylic acids is 1. The molecule has 0 saturated heterocycles. The van der Waals surface area contributed by atoms with Crippen LogP contribution in [0.3, 0.4) is 0 Å². The van der Waals surface area contributed by atoms with Gasteiger partial charge in [0.15, 0.2) is 6.10 Å². The number of hydrogen-bond donors (Lipinski definition) is 1. The molecule has 0 aliphatic heterocycles. The SMILES string of the molecule is CC=Cc1ccc(O[C@@H](C)C(=O)c2ccc(O)cc2)cc1. The number of ether oxygens (including phenoxy) is 1. The maximum absolute atomic E-state index is 12.2. The summed E-state index contributed by atoms with van der Waals surface area (Å²) in [4.78, 5) is 12.2. The first-order chi connectivity index (χ1) is 10.1. The van der Waals surface area contributed by atoms with Gasteiger partial charge in [-0.05, 0) is 55.8 Å². The van der Waals surface area contributed by atoms with Crippen molar-refractivity contribution in [3.63, 3.8) is 0 Å². The first kappa shape index (κ1) is 14.9. The number of allylic oxidation sites excluding steroid dienone is 1. The van der Waals surface area contributed by atoms with Crippen LogP contribution < -0.4 is 4.74 Å². The third-order valence-electron chi connectivity index (χ3n) is 3.07. The first-order valence-electron chi connectivity index (χ1n) is 6.83. The van der Waals surface area contributed by atoms with Gasteiger partial charge in [-0.15, -0.1) is 0 Å². The van der Waals surface area contributed by atoms with Gasteiger partial charge in [-0.1, -0.05) is 24.3 Å². The Kier molecular flexibility index (Phi) is 4.77. The van der Waals surface area contributed by atoms with Gasteiger partial charge in [0.1, 0.15) is 11.5 Å². The molecule has 0 aliphatic carbocycles. The molecule has 1 N–H and O–H groups in total. The minimum atomic E-state index is -0.581. The summed E-state index contributed by atoms with van der Waals surface area (Å²) in [6.45, 7) is 3.68. The van der Waals surface area contributed by atoms with Crippen molar-refractivity contribution in [2.45, 2.75) is 20.0 Å². The number of rotatable bonds is 5. The highest BCUT2D eigenvalue weighted by Crippen LogP contribution is 2.17. The van der Waals surface area contributed by atoms with Gasteiger partial charge in [0.05, 0.1) is 0 Å². The minimum absolute atomic E-state index is 0.118. The molecule has 0 fully saturated rings. The van der Waals surface area contributed by atoms with Gasteiger partial charge in [0, 0.05) is 5.56 Å². The number of phenols is 1. The van der Waals surface area contributed by atoms with Crippen LogP contribution in [0.25, 0.3) is 6.08 Å². The van der Waals surface area contributed by atoms with Gasteiger partial charge in [-0.25, -0.2) is 0 Å². The highest BCUT2D eigenvalue weighted by atomic mass is 16.5. The van der Waals surface area contributed by atoms with Crippen molar-refractivity contribution in [3.05, 3.63) is 65.7 Å². The molecular weight excluding hydrogens is 264 g/mol. The molecule has 21 heavy (non-hydrogen) atoms. The Morgan fingerprint density at radius 2 is 1.71 bits per heavy atom. The molecule has 0 amide bonds. The summed E-state index contributed by atoms with van der Waals surface area (Å²) < 4.78 is 5.66. The maximum Gasteiger partial charge on any atom is 0.202 e. The van der Waals surface area contributed by atoms with E-state index in [1.165, 1.54) is 12.1 Å². The number of carbonyl (C=O) groups is 1. The average Bonchev–Trinajstić information content (AvgIpc) is 2.49. The Morgan fingerprint density at radius 1 is 1.10 bits per heavy atom. The molecule has 108 valence electrons. The lowest BCUT2D eigenvalue weighted by Crippen LogP contribution is -2.23. The van der Waals surface area contributed by atoms with Crippen LogP contribution in [0.2, 0.25) is 0 Å². The number of ketones is 1. The number of benzene rings is 2. The zero-order valence-corrected chi connectivity index (χ0v) is 12.1. The molecule has 0 aromatic heterocycles. The summed E-state index contributed by atoms with van der Waals surface area (Å²) in [6, 6.07) is 13.7. The summed E-state index contributed by atoms with van der Waals surface area (Å²) in [6.07, 6.45) is 3.38. The summed E-state index contributed by atoms with van der Waals surface area (Å²) >= 11 is 0. The van der Waals surface area contributed by atoms with Crippen LogP contribution in [0.15, 0.2) is 54.6 Å². The van der Waals surface area contributed by atoms with Gasteiger partial charge in [0.2, 0.25) is 5.78 Å². The zero-order valence-electron chi connectivity index (χ0n) is 12.1. The monoisotopic (exact) mass is 282 g/mol. The van der Waals surface area contributed by atoms with E-state index in [0.717, 1.165) is 5.56 Å². The Labute approximate surface area is 124 Å². The fourth-order valence-corrected chi connectivity index (χ4v) is 1.97. The maximum atomic E-state index is 12.2. The normalized spacial score (nSPS) is 12.3. The van der Waals surface area contributed by atoms with E-state index >= 15 is 0 Å². The third-order valence-corrected chi connectivity index (χ3v) is 3.07. The lowest BCUT2D eigenvalue weighted by atomic mass is 10.1. The Bertz CT molecular complexity index is 625. The molecule has 2 rings (SSSR count). The van der Waals surface area contributed by atoms with Crippen molar-refractivity contribution in [3.8, 4) is 11.5 Å². The highest BCUT2D eigenvalue weighted by Gasteiger charge is 2.16. The number of aromatic hydroxyl groups is 1. The van der Waals surface area contributed by atoms with Crippen molar-refractivity contribution >= 4 is 11.9 Å². The second kappa shape index (κ2) is 6.75. The highest BCUT2D eigenvalue weighted by molar-refractivity contribution is 5.99. The molecule has 0 unspecified atom stereocenters. The number of phenolic OH excluding ortho intramolecular Hbond substituents is 1. The van der Waals surface area contributed by atoms with E-state index in [1.807, 2.05) is 43.3 Å². The predicted octanol–water partition coefficient (Wildman–Crippen LogP) is 4.08. The third kappa shape index (κ3) is 3.96. The summed E-state index contributed by atoms with van der Waals surface area (Å²) in [5.41, 5.74) is 1.60. The lowest BCUT2D eigenvalue weighted by Gasteiger charge is -2.14. The Morgan fingerprint density at radius 3 is 2.29 bits per heavy atom. The molecule has 0 heterocycles. The van der Waals surface area contributed by atoms with Crippen LogP contribution in [0.4, 0.5) is 0 Å². The predicted molar refractivity (Wildman–Crippen MR) is 83.7 cm³/mol. The summed E-state index contributed by atoms with van der Waals surface area (Å²) in [5, 5.41) is 9.23. The molecule has 0 bridgehead atoms. The molecule has 0 aliphatic rings. The largest absolute Gasteiger partial charge is 0.508 e. The van der Waals surface area contributed by atoms with Crippen LogP contribution in [0.5, 0.6) is 11.5 Å². The van der Waals surface area contributed by atoms with Crippen LogP contribution in [-0.4, -0.2) is 17.0 Å². The number of Topliss-reactive ketones (excluding diaryl/α,β-unsaturated/α-hetero) is 1. The van der Waals surface area contributed by atoms with Crippen LogP contribution in [-0.2, 0) is 0 Å². The number of hydrogen-bond acceptors (Lipinski definition) is 3. The van der Waals surface area contributed by atoms with Gasteiger partial charge in [0.25, 0.3) is 0 Å². The van der Waals surface area contributed by atoms with Crippen molar-refractivity contribution in [1.29, 1.82) is 0 Å². The van der Waals surface area contributed by atoms with Gasteiger partial charge >= 0.3 is 0 Å². The molecule has 3 nitrogen and oxygen atoms in total. The molecular formula is C18H18O3. The minimum Gasteiger partial charge on any atom is -0.508 e. The Balaban J connectivity index is 2.04. The van der Waals surface area contributed by atoms with E-state index in [0.29, 0.717) is 11.3 Å². The molecule has 0 radical (unpaired) electrons. The molecule has 1 atom stereocenters. The summed E-state index contributed by atoms with van der Waals surface area (Å²) in [7, 11) is 0. The fourth-order valence-electron chi connectivity index (χ4n) is 1.97. The average molecular weight is 282 g/mol. The van der Waals surface area contributed by atoms with Crippen LogP contribution in [0.1, 0.15) is 29.8 Å². The van der Waals surface area contributed by atoms with E-state index < -0.39 is 6.10 Å². The van der Waals surface area contributed by atoms with E-state index in [4.69, 9.17) is 4.74 Å². The van der Waals surface area contributed by atoms with Gasteiger partial charge in [-0.2, -0.15) is 0 Å². The van der Waals surface area contributed by atoms with Crippen molar-refractivity contribution in [1.82, 2.24) is 0 Å². The molecule has 3 heteroatoms. The Hall–Kier alpha value is -2.55.